The lowest BCUT2D eigenvalue weighted by Crippen LogP contribution is -2.14. The van der Waals surface area contributed by atoms with Gasteiger partial charge in [0.05, 0.1) is 19.8 Å². The summed E-state index contributed by atoms with van der Waals surface area (Å²) in [5.41, 5.74) is 7.45. The number of hydrogen-bond acceptors (Lipinski definition) is 5. The third kappa shape index (κ3) is 2.71. The van der Waals surface area contributed by atoms with E-state index in [9.17, 15) is 9.59 Å². The summed E-state index contributed by atoms with van der Waals surface area (Å²) in [6.07, 6.45) is 0. The molecule has 2 aromatic carbocycles. The Morgan fingerprint density at radius 2 is 1.68 bits per heavy atom. The third-order valence-electron chi connectivity index (χ3n) is 3.99. The summed E-state index contributed by atoms with van der Waals surface area (Å²) in [6.45, 7) is 1.32. The second-order valence-corrected chi connectivity index (χ2v) is 5.47. The normalized spacial score (nSPS) is 10.7. The Bertz CT molecular complexity index is 970. The van der Waals surface area contributed by atoms with Gasteiger partial charge in [0.2, 0.25) is 0 Å². The number of nitrogens with two attached hydrogens (primary N) is 1. The highest BCUT2D eigenvalue weighted by Gasteiger charge is 2.26. The number of ether oxygens (including phenoxy) is 2. The van der Waals surface area contributed by atoms with E-state index in [4.69, 9.17) is 19.6 Å². The van der Waals surface area contributed by atoms with Crippen LogP contribution in [0, 0.1) is 0 Å². The quantitative estimate of drug-likeness (QED) is 0.719. The Morgan fingerprint density at radius 3 is 2.20 bits per heavy atom. The Kier molecular flexibility index (Phi) is 4.19. The van der Waals surface area contributed by atoms with Crippen molar-refractivity contribution >= 4 is 22.7 Å². The second kappa shape index (κ2) is 6.32. The number of rotatable bonds is 5. The molecule has 2 N–H and O–H groups in total. The molecule has 0 aliphatic heterocycles. The lowest BCUT2D eigenvalue weighted by atomic mass is 9.97. The minimum absolute atomic E-state index is 0.0622. The molecule has 3 rings (SSSR count). The molecule has 1 amide bonds. The standard InChI is InChI=1S/C19H17NO5/c1-10(21)17-16(19(20)22)15-13(8-9-14(24-3)18(15)25-17)11-4-6-12(23-2)7-5-11/h4-9H,1-3H3,(H2,20,22). The van der Waals surface area contributed by atoms with Gasteiger partial charge in [0, 0.05) is 12.3 Å². The Hall–Kier alpha value is -3.28. The Morgan fingerprint density at radius 1 is 1.00 bits per heavy atom. The van der Waals surface area contributed by atoms with Crippen molar-refractivity contribution in [2.75, 3.05) is 14.2 Å². The summed E-state index contributed by atoms with van der Waals surface area (Å²) in [5.74, 6) is -0.0519. The zero-order valence-corrected chi connectivity index (χ0v) is 14.1. The molecule has 0 spiro atoms. The average molecular weight is 339 g/mol. The minimum Gasteiger partial charge on any atom is -0.497 e. The number of ketones is 1. The maximum atomic E-state index is 12.0. The highest BCUT2D eigenvalue weighted by atomic mass is 16.5. The van der Waals surface area contributed by atoms with Crippen LogP contribution in [0.4, 0.5) is 0 Å². The molecular formula is C19H17NO5. The molecule has 0 aliphatic rings. The topological polar surface area (TPSA) is 91.8 Å². The van der Waals surface area contributed by atoms with Gasteiger partial charge in [-0.3, -0.25) is 9.59 Å². The largest absolute Gasteiger partial charge is 0.497 e. The first-order chi connectivity index (χ1) is 12.0. The van der Waals surface area contributed by atoms with Gasteiger partial charge in [-0.25, -0.2) is 0 Å². The van der Waals surface area contributed by atoms with Gasteiger partial charge < -0.3 is 19.6 Å². The minimum atomic E-state index is -0.730. The molecule has 0 fully saturated rings. The van der Waals surface area contributed by atoms with Gasteiger partial charge in [0.15, 0.2) is 22.9 Å². The SMILES string of the molecule is COc1ccc(-c2ccc(OC)c3oc(C(C)=O)c(C(N)=O)c23)cc1. The number of hydrogen-bond donors (Lipinski definition) is 1. The van der Waals surface area contributed by atoms with Crippen molar-refractivity contribution in [3.63, 3.8) is 0 Å². The first-order valence-corrected chi connectivity index (χ1v) is 7.56. The zero-order valence-electron chi connectivity index (χ0n) is 14.1. The van der Waals surface area contributed by atoms with Crippen LogP contribution >= 0.6 is 0 Å². The van der Waals surface area contributed by atoms with Crippen LogP contribution < -0.4 is 15.2 Å². The van der Waals surface area contributed by atoms with E-state index in [1.165, 1.54) is 14.0 Å². The van der Waals surface area contributed by atoms with Gasteiger partial charge in [-0.05, 0) is 35.4 Å². The smallest absolute Gasteiger partial charge is 0.253 e. The molecule has 6 heteroatoms. The Labute approximate surface area is 144 Å². The highest BCUT2D eigenvalue weighted by molar-refractivity contribution is 6.18. The van der Waals surface area contributed by atoms with Crippen LogP contribution in [-0.2, 0) is 0 Å². The van der Waals surface area contributed by atoms with Gasteiger partial charge in [-0.2, -0.15) is 0 Å². The van der Waals surface area contributed by atoms with Crippen molar-refractivity contribution in [3.05, 3.63) is 47.7 Å². The van der Waals surface area contributed by atoms with Crippen LogP contribution in [0.2, 0.25) is 0 Å². The van der Waals surface area contributed by atoms with Crippen LogP contribution in [0.15, 0.2) is 40.8 Å². The van der Waals surface area contributed by atoms with E-state index >= 15 is 0 Å². The fourth-order valence-electron chi connectivity index (χ4n) is 2.83. The van der Waals surface area contributed by atoms with Gasteiger partial charge in [-0.15, -0.1) is 0 Å². The summed E-state index contributed by atoms with van der Waals surface area (Å²) in [6, 6.07) is 10.8. The number of fused-ring (bicyclic) bond motifs is 1. The monoisotopic (exact) mass is 339 g/mol. The molecule has 3 aromatic rings. The molecule has 0 saturated heterocycles. The lowest BCUT2D eigenvalue weighted by molar-refractivity contribution is 0.0958. The second-order valence-electron chi connectivity index (χ2n) is 5.47. The number of primary amides is 1. The molecular weight excluding hydrogens is 322 g/mol. The number of Topliss-reactive ketones (excluding diaryl/α,β-unsaturated/α-hetero) is 1. The maximum absolute atomic E-state index is 12.0. The Balaban J connectivity index is 2.39. The number of furan rings is 1. The molecule has 25 heavy (non-hydrogen) atoms. The number of methoxy groups -OCH3 is 2. The lowest BCUT2D eigenvalue weighted by Gasteiger charge is -2.08. The highest BCUT2D eigenvalue weighted by Crippen LogP contribution is 2.40. The average Bonchev–Trinajstić information content (AvgIpc) is 3.02. The van der Waals surface area contributed by atoms with Crippen molar-refractivity contribution in [1.29, 1.82) is 0 Å². The van der Waals surface area contributed by atoms with Gasteiger partial charge in [-0.1, -0.05) is 12.1 Å². The molecule has 128 valence electrons. The van der Waals surface area contributed by atoms with Gasteiger partial charge in [0.1, 0.15) is 5.75 Å². The molecule has 0 unspecified atom stereocenters. The first kappa shape index (κ1) is 16.6. The van der Waals surface area contributed by atoms with Gasteiger partial charge in [0.25, 0.3) is 5.91 Å². The molecule has 1 heterocycles. The molecule has 0 radical (unpaired) electrons. The third-order valence-corrected chi connectivity index (χ3v) is 3.99. The summed E-state index contributed by atoms with van der Waals surface area (Å²) in [7, 11) is 3.07. The van der Waals surface area contributed by atoms with Crippen molar-refractivity contribution < 1.29 is 23.5 Å². The molecule has 6 nitrogen and oxygen atoms in total. The zero-order chi connectivity index (χ0) is 18.1. The number of carbonyl (C=O) groups is 2. The molecule has 0 saturated carbocycles. The van der Waals surface area contributed by atoms with Crippen LogP contribution in [0.25, 0.3) is 22.1 Å². The maximum Gasteiger partial charge on any atom is 0.253 e. The fraction of sp³-hybridized carbons (Fsp3) is 0.158. The van der Waals surface area contributed by atoms with Crippen molar-refractivity contribution in [1.82, 2.24) is 0 Å². The van der Waals surface area contributed by atoms with E-state index in [-0.39, 0.29) is 17.1 Å². The van der Waals surface area contributed by atoms with E-state index in [1.54, 1.807) is 31.4 Å². The molecule has 0 aliphatic carbocycles. The van der Waals surface area contributed by atoms with Crippen LogP contribution in [0.3, 0.4) is 0 Å². The van der Waals surface area contributed by atoms with E-state index < -0.39 is 5.91 Å². The van der Waals surface area contributed by atoms with Gasteiger partial charge >= 0.3 is 0 Å². The summed E-state index contributed by atoms with van der Waals surface area (Å²) >= 11 is 0. The fourth-order valence-corrected chi connectivity index (χ4v) is 2.83. The summed E-state index contributed by atoms with van der Waals surface area (Å²) < 4.78 is 16.1. The van der Waals surface area contributed by atoms with E-state index in [2.05, 4.69) is 0 Å². The predicted octanol–water partition coefficient (Wildman–Crippen LogP) is 3.42. The predicted molar refractivity (Wildman–Crippen MR) is 93.3 cm³/mol. The molecule has 0 bridgehead atoms. The van der Waals surface area contributed by atoms with Crippen molar-refractivity contribution in [3.8, 4) is 22.6 Å². The first-order valence-electron chi connectivity index (χ1n) is 7.56. The summed E-state index contributed by atoms with van der Waals surface area (Å²) in [4.78, 5) is 23.9. The molecule has 1 aromatic heterocycles. The van der Waals surface area contributed by atoms with Crippen LogP contribution in [-0.4, -0.2) is 25.9 Å². The van der Waals surface area contributed by atoms with E-state index in [0.29, 0.717) is 28.0 Å². The molecule has 0 atom stereocenters. The van der Waals surface area contributed by atoms with Crippen LogP contribution in [0.1, 0.15) is 27.8 Å². The van der Waals surface area contributed by atoms with Crippen molar-refractivity contribution in [2.45, 2.75) is 6.92 Å². The van der Waals surface area contributed by atoms with Crippen LogP contribution in [0.5, 0.6) is 11.5 Å². The number of carbonyl (C=O) groups excluding carboxylic acids is 2. The summed E-state index contributed by atoms with van der Waals surface area (Å²) in [5, 5.41) is 0.460. The van der Waals surface area contributed by atoms with Crippen molar-refractivity contribution in [2.24, 2.45) is 5.73 Å². The number of benzene rings is 2. The number of amides is 1. The van der Waals surface area contributed by atoms with E-state index in [0.717, 1.165) is 5.56 Å². The van der Waals surface area contributed by atoms with E-state index in [1.807, 2.05) is 12.1 Å².